The lowest BCUT2D eigenvalue weighted by Gasteiger charge is -2.22. The highest BCUT2D eigenvalue weighted by molar-refractivity contribution is 6.10. The van der Waals surface area contributed by atoms with Gasteiger partial charge in [-0.05, 0) is 61.0 Å². The zero-order chi connectivity index (χ0) is 23.6. The molecule has 7 nitrogen and oxygen atoms in total. The van der Waals surface area contributed by atoms with Gasteiger partial charge in [-0.2, -0.15) is 0 Å². The van der Waals surface area contributed by atoms with Crippen molar-refractivity contribution >= 4 is 23.5 Å². The number of para-hydroxylation sites is 1. The van der Waals surface area contributed by atoms with Gasteiger partial charge in [-0.15, -0.1) is 0 Å². The number of halogens is 2. The van der Waals surface area contributed by atoms with Crippen LogP contribution in [0.15, 0.2) is 72.8 Å². The number of nitrogens with one attached hydrogen (secondary N) is 2. The molecule has 1 heterocycles. The summed E-state index contributed by atoms with van der Waals surface area (Å²) in [6.07, 6.45) is 0. The summed E-state index contributed by atoms with van der Waals surface area (Å²) >= 11 is 0. The fourth-order valence-corrected chi connectivity index (χ4v) is 3.42. The van der Waals surface area contributed by atoms with Gasteiger partial charge in [-0.1, -0.05) is 24.3 Å². The highest BCUT2D eigenvalue weighted by Crippen LogP contribution is 2.30. The number of hydrogen-bond acceptors (Lipinski definition) is 4. The first kappa shape index (κ1) is 21.9. The Labute approximate surface area is 188 Å². The number of carbonyl (C=O) groups is 3. The Morgan fingerprint density at radius 2 is 1.64 bits per heavy atom. The van der Waals surface area contributed by atoms with E-state index in [1.807, 2.05) is 30.3 Å². The Hall–Kier alpha value is -4.27. The zero-order valence-electron chi connectivity index (χ0n) is 17.5. The monoisotopic (exact) mass is 451 g/mol. The van der Waals surface area contributed by atoms with Crippen molar-refractivity contribution < 1.29 is 27.9 Å². The second-order valence-corrected chi connectivity index (χ2v) is 7.56. The minimum atomic E-state index is -1.62. The van der Waals surface area contributed by atoms with Gasteiger partial charge in [-0.3, -0.25) is 14.5 Å². The van der Waals surface area contributed by atoms with Crippen LogP contribution in [0.25, 0.3) is 0 Å². The van der Waals surface area contributed by atoms with Crippen LogP contribution in [0.3, 0.4) is 0 Å². The number of nitrogens with zero attached hydrogens (tertiary/aromatic N) is 1. The normalized spacial score (nSPS) is 17.6. The van der Waals surface area contributed by atoms with Crippen molar-refractivity contribution in [3.8, 4) is 11.5 Å². The van der Waals surface area contributed by atoms with Gasteiger partial charge in [0.2, 0.25) is 5.91 Å². The van der Waals surface area contributed by atoms with Crippen LogP contribution >= 0.6 is 0 Å². The number of benzene rings is 3. The molecule has 1 aliphatic rings. The standard InChI is InChI=1S/C24H19F2N3O4/c1-24(15-7-12-19(25)20(26)13-15)22(31)29(23(32)28-24)14-21(30)27-16-8-10-18(11-9-16)33-17-5-3-2-4-6-17/h2-13H,14H2,1H3,(H,27,30)(H,28,32). The topological polar surface area (TPSA) is 87.7 Å². The molecule has 4 rings (SSSR count). The molecular weight excluding hydrogens is 432 g/mol. The summed E-state index contributed by atoms with van der Waals surface area (Å²) in [5.41, 5.74) is -1.12. The van der Waals surface area contributed by atoms with Gasteiger partial charge >= 0.3 is 6.03 Å². The number of ether oxygens (including phenoxy) is 1. The fourth-order valence-electron chi connectivity index (χ4n) is 3.42. The largest absolute Gasteiger partial charge is 0.457 e. The molecule has 1 unspecified atom stereocenters. The van der Waals surface area contributed by atoms with E-state index < -0.39 is 41.6 Å². The van der Waals surface area contributed by atoms with Crippen molar-refractivity contribution in [2.45, 2.75) is 12.5 Å². The summed E-state index contributed by atoms with van der Waals surface area (Å²) in [5.74, 6) is -2.35. The summed E-state index contributed by atoms with van der Waals surface area (Å²) in [6, 6.07) is 17.9. The van der Waals surface area contributed by atoms with Gasteiger partial charge in [-0.25, -0.2) is 13.6 Å². The Kier molecular flexibility index (Phi) is 5.78. The number of hydrogen-bond donors (Lipinski definition) is 2. The van der Waals surface area contributed by atoms with E-state index in [4.69, 9.17) is 4.74 Å². The first-order chi connectivity index (χ1) is 15.8. The third-order valence-electron chi connectivity index (χ3n) is 5.19. The van der Waals surface area contributed by atoms with Gasteiger partial charge in [0.15, 0.2) is 11.6 Å². The third-order valence-corrected chi connectivity index (χ3v) is 5.19. The smallest absolute Gasteiger partial charge is 0.325 e. The lowest BCUT2D eigenvalue weighted by molar-refractivity contribution is -0.133. The van der Waals surface area contributed by atoms with Crippen molar-refractivity contribution in [1.82, 2.24) is 10.2 Å². The maximum Gasteiger partial charge on any atom is 0.325 e. The molecule has 4 amide bonds. The molecule has 0 radical (unpaired) electrons. The average molecular weight is 451 g/mol. The summed E-state index contributed by atoms with van der Waals surface area (Å²) in [7, 11) is 0. The highest BCUT2D eigenvalue weighted by atomic mass is 19.2. The van der Waals surface area contributed by atoms with Gasteiger partial charge in [0.05, 0.1) is 0 Å². The molecule has 9 heteroatoms. The van der Waals surface area contributed by atoms with Crippen molar-refractivity contribution in [1.29, 1.82) is 0 Å². The van der Waals surface area contributed by atoms with Crippen LogP contribution in [0.1, 0.15) is 12.5 Å². The van der Waals surface area contributed by atoms with Crippen molar-refractivity contribution in [3.05, 3.63) is 90.0 Å². The molecule has 0 spiro atoms. The summed E-state index contributed by atoms with van der Waals surface area (Å²) in [4.78, 5) is 38.4. The number of urea groups is 1. The molecule has 1 fully saturated rings. The van der Waals surface area contributed by atoms with Crippen LogP contribution in [0.5, 0.6) is 11.5 Å². The first-order valence-electron chi connectivity index (χ1n) is 9.99. The quantitative estimate of drug-likeness (QED) is 0.551. The second kappa shape index (κ2) is 8.70. The number of carbonyl (C=O) groups excluding carboxylic acids is 3. The average Bonchev–Trinajstić information content (AvgIpc) is 3.01. The van der Waals surface area contributed by atoms with Gasteiger partial charge in [0.25, 0.3) is 5.91 Å². The van der Waals surface area contributed by atoms with E-state index >= 15 is 0 Å². The molecule has 33 heavy (non-hydrogen) atoms. The van der Waals surface area contributed by atoms with Crippen LogP contribution < -0.4 is 15.4 Å². The fraction of sp³-hybridized carbons (Fsp3) is 0.125. The number of rotatable bonds is 6. The summed E-state index contributed by atoms with van der Waals surface area (Å²) in [6.45, 7) is 0.815. The van der Waals surface area contributed by atoms with E-state index in [0.29, 0.717) is 17.2 Å². The van der Waals surface area contributed by atoms with E-state index in [-0.39, 0.29) is 5.56 Å². The third kappa shape index (κ3) is 4.52. The van der Waals surface area contributed by atoms with E-state index in [1.165, 1.54) is 13.0 Å². The Morgan fingerprint density at radius 3 is 2.30 bits per heavy atom. The van der Waals surface area contributed by atoms with Crippen molar-refractivity contribution in [2.24, 2.45) is 0 Å². The van der Waals surface area contributed by atoms with Crippen molar-refractivity contribution in [2.75, 3.05) is 11.9 Å². The van der Waals surface area contributed by atoms with E-state index in [1.54, 1.807) is 24.3 Å². The van der Waals surface area contributed by atoms with Crippen LogP contribution in [-0.2, 0) is 15.1 Å². The minimum absolute atomic E-state index is 0.0664. The predicted molar refractivity (Wildman–Crippen MR) is 116 cm³/mol. The van der Waals surface area contributed by atoms with E-state index in [9.17, 15) is 23.2 Å². The molecule has 0 aliphatic carbocycles. The van der Waals surface area contributed by atoms with Crippen LogP contribution in [0.4, 0.5) is 19.3 Å². The van der Waals surface area contributed by atoms with Crippen LogP contribution in [0, 0.1) is 11.6 Å². The first-order valence-corrected chi connectivity index (χ1v) is 9.99. The maximum atomic E-state index is 13.6. The maximum absolute atomic E-state index is 13.6. The lowest BCUT2D eigenvalue weighted by Crippen LogP contribution is -2.42. The Morgan fingerprint density at radius 1 is 0.970 bits per heavy atom. The molecule has 2 N–H and O–H groups in total. The molecule has 3 aromatic rings. The molecule has 3 aromatic carbocycles. The Bertz CT molecular complexity index is 1220. The molecule has 0 bridgehead atoms. The summed E-state index contributed by atoms with van der Waals surface area (Å²) < 4.78 is 32.6. The zero-order valence-corrected chi connectivity index (χ0v) is 17.5. The van der Waals surface area contributed by atoms with E-state index in [2.05, 4.69) is 10.6 Å². The molecule has 168 valence electrons. The highest BCUT2D eigenvalue weighted by Gasteiger charge is 2.49. The SMILES string of the molecule is CC1(c2ccc(F)c(F)c2)NC(=O)N(CC(=O)Nc2ccc(Oc3ccccc3)cc2)C1=O. The van der Waals surface area contributed by atoms with Gasteiger partial charge < -0.3 is 15.4 Å². The van der Waals surface area contributed by atoms with Gasteiger partial charge in [0, 0.05) is 5.69 Å². The van der Waals surface area contributed by atoms with E-state index in [0.717, 1.165) is 17.0 Å². The van der Waals surface area contributed by atoms with Crippen molar-refractivity contribution in [3.63, 3.8) is 0 Å². The second-order valence-electron chi connectivity index (χ2n) is 7.56. The summed E-state index contributed by atoms with van der Waals surface area (Å²) in [5, 5.41) is 5.05. The lowest BCUT2D eigenvalue weighted by atomic mass is 9.92. The molecule has 0 saturated carbocycles. The number of anilines is 1. The van der Waals surface area contributed by atoms with Crippen LogP contribution in [0.2, 0.25) is 0 Å². The minimum Gasteiger partial charge on any atom is -0.457 e. The Balaban J connectivity index is 1.40. The molecular formula is C24H19F2N3O4. The number of imide groups is 1. The molecule has 1 atom stereocenters. The molecule has 1 aliphatic heterocycles. The number of amides is 4. The van der Waals surface area contributed by atoms with Gasteiger partial charge in [0.1, 0.15) is 23.6 Å². The molecule has 1 saturated heterocycles. The van der Waals surface area contributed by atoms with Crippen LogP contribution in [-0.4, -0.2) is 29.3 Å². The molecule has 0 aromatic heterocycles. The predicted octanol–water partition coefficient (Wildman–Crippen LogP) is 4.16.